The number of nitrogens with zero attached hydrogens (tertiary/aromatic N) is 2. The number of methoxy groups -OCH3 is 1. The Morgan fingerprint density at radius 1 is 1.56 bits per heavy atom. The van der Waals surface area contributed by atoms with Gasteiger partial charge in [0.2, 0.25) is 0 Å². The number of anilines is 2. The fourth-order valence-electron chi connectivity index (χ4n) is 1.32. The number of halogens is 2. The van der Waals surface area contributed by atoms with Crippen molar-refractivity contribution in [2.24, 2.45) is 0 Å². The van der Waals surface area contributed by atoms with E-state index in [0.717, 1.165) is 11.5 Å². The molecule has 0 fully saturated rings. The first-order chi connectivity index (χ1) is 8.65. The maximum Gasteiger partial charge on any atom is 0.165 e. The van der Waals surface area contributed by atoms with Gasteiger partial charge in [-0.2, -0.15) is 9.64 Å². The summed E-state index contributed by atoms with van der Waals surface area (Å²) in [6.07, 6.45) is 0. The van der Waals surface area contributed by atoms with Crippen molar-refractivity contribution in [3.8, 4) is 11.8 Å². The van der Waals surface area contributed by atoms with E-state index in [4.69, 9.17) is 21.6 Å². The standard InChI is InChI=1S/C11H7ClFN3OS/c1-17-9-4-6(2-3-8(9)13)15-11-7(5-14)10(12)16-18-11/h2-4,15H,1H3. The Balaban J connectivity index is 2.32. The first-order valence-electron chi connectivity index (χ1n) is 4.81. The molecule has 4 nitrogen and oxygen atoms in total. The smallest absolute Gasteiger partial charge is 0.165 e. The number of ether oxygens (including phenoxy) is 1. The van der Waals surface area contributed by atoms with Crippen molar-refractivity contribution in [2.75, 3.05) is 12.4 Å². The molecular weight excluding hydrogens is 277 g/mol. The second kappa shape index (κ2) is 5.21. The molecule has 0 aliphatic rings. The third-order valence-corrected chi connectivity index (χ3v) is 3.31. The van der Waals surface area contributed by atoms with Crippen LogP contribution in [0.3, 0.4) is 0 Å². The molecule has 1 aromatic heterocycles. The van der Waals surface area contributed by atoms with E-state index in [1.54, 1.807) is 0 Å². The van der Waals surface area contributed by atoms with Gasteiger partial charge in [-0.3, -0.25) is 0 Å². The Bertz CT molecular complexity index is 623. The van der Waals surface area contributed by atoms with E-state index in [2.05, 4.69) is 9.69 Å². The van der Waals surface area contributed by atoms with Crippen molar-refractivity contribution in [1.82, 2.24) is 4.37 Å². The average molecular weight is 284 g/mol. The largest absolute Gasteiger partial charge is 0.494 e. The third-order valence-electron chi connectivity index (χ3n) is 2.17. The van der Waals surface area contributed by atoms with Crippen LogP contribution < -0.4 is 10.1 Å². The summed E-state index contributed by atoms with van der Waals surface area (Å²) >= 11 is 6.81. The lowest BCUT2D eigenvalue weighted by molar-refractivity contribution is 0.387. The number of benzene rings is 1. The Morgan fingerprint density at radius 2 is 2.33 bits per heavy atom. The summed E-state index contributed by atoms with van der Waals surface area (Å²) in [5.41, 5.74) is 0.857. The predicted octanol–water partition coefficient (Wildman–Crippen LogP) is 3.56. The highest BCUT2D eigenvalue weighted by Crippen LogP contribution is 2.31. The van der Waals surface area contributed by atoms with E-state index < -0.39 is 5.82 Å². The summed E-state index contributed by atoms with van der Waals surface area (Å²) in [5.74, 6) is -0.333. The second-order valence-electron chi connectivity index (χ2n) is 3.26. The molecular formula is C11H7ClFN3OS. The summed E-state index contributed by atoms with van der Waals surface area (Å²) in [6, 6.07) is 6.25. The van der Waals surface area contributed by atoms with Crippen LogP contribution in [-0.2, 0) is 0 Å². The monoisotopic (exact) mass is 283 g/mol. The van der Waals surface area contributed by atoms with Gasteiger partial charge in [0.05, 0.1) is 7.11 Å². The van der Waals surface area contributed by atoms with Gasteiger partial charge in [-0.25, -0.2) is 4.39 Å². The van der Waals surface area contributed by atoms with Gasteiger partial charge < -0.3 is 10.1 Å². The maximum atomic E-state index is 13.2. The van der Waals surface area contributed by atoms with E-state index in [9.17, 15) is 4.39 Å². The fourth-order valence-corrected chi connectivity index (χ4v) is 2.28. The minimum atomic E-state index is -0.453. The highest BCUT2D eigenvalue weighted by atomic mass is 35.5. The van der Waals surface area contributed by atoms with Crippen molar-refractivity contribution >= 4 is 33.8 Å². The molecule has 0 aliphatic carbocycles. The van der Waals surface area contributed by atoms with Crippen LogP contribution in [0.15, 0.2) is 18.2 Å². The normalized spacial score (nSPS) is 9.89. The van der Waals surface area contributed by atoms with E-state index in [1.807, 2.05) is 6.07 Å². The quantitative estimate of drug-likeness (QED) is 0.936. The van der Waals surface area contributed by atoms with Gasteiger partial charge in [0, 0.05) is 11.8 Å². The van der Waals surface area contributed by atoms with Crippen LogP contribution in [0.4, 0.5) is 15.1 Å². The van der Waals surface area contributed by atoms with Crippen LogP contribution in [0.1, 0.15) is 5.56 Å². The molecule has 0 unspecified atom stereocenters. The summed E-state index contributed by atoms with van der Waals surface area (Å²) in [4.78, 5) is 0. The zero-order chi connectivity index (χ0) is 13.1. The molecule has 1 N–H and O–H groups in total. The molecule has 0 aliphatic heterocycles. The molecule has 92 valence electrons. The number of hydrogen-bond acceptors (Lipinski definition) is 5. The number of rotatable bonds is 3. The Kier molecular flexibility index (Phi) is 3.65. The van der Waals surface area contributed by atoms with E-state index >= 15 is 0 Å². The van der Waals surface area contributed by atoms with Crippen LogP contribution in [0.25, 0.3) is 0 Å². The van der Waals surface area contributed by atoms with Crippen molar-refractivity contribution < 1.29 is 9.13 Å². The van der Waals surface area contributed by atoms with Crippen molar-refractivity contribution in [2.45, 2.75) is 0 Å². The van der Waals surface area contributed by atoms with Crippen LogP contribution in [-0.4, -0.2) is 11.5 Å². The Hall–Kier alpha value is -1.84. The van der Waals surface area contributed by atoms with Gasteiger partial charge in [0.15, 0.2) is 16.7 Å². The summed E-state index contributed by atoms with van der Waals surface area (Å²) in [5, 5.41) is 12.5. The van der Waals surface area contributed by atoms with Gasteiger partial charge in [0.1, 0.15) is 16.6 Å². The van der Waals surface area contributed by atoms with Gasteiger partial charge in [-0.15, -0.1) is 0 Å². The molecule has 1 aromatic carbocycles. The fraction of sp³-hybridized carbons (Fsp3) is 0.0909. The van der Waals surface area contributed by atoms with Crippen LogP contribution >= 0.6 is 23.1 Å². The topological polar surface area (TPSA) is 57.9 Å². The zero-order valence-electron chi connectivity index (χ0n) is 9.20. The molecule has 0 saturated carbocycles. The minimum absolute atomic E-state index is 0.120. The molecule has 1 heterocycles. The first kappa shape index (κ1) is 12.6. The predicted molar refractivity (Wildman–Crippen MR) is 68.1 cm³/mol. The van der Waals surface area contributed by atoms with E-state index in [0.29, 0.717) is 10.7 Å². The molecule has 2 rings (SSSR count). The van der Waals surface area contributed by atoms with Gasteiger partial charge in [-0.05, 0) is 23.7 Å². The highest BCUT2D eigenvalue weighted by molar-refractivity contribution is 7.10. The van der Waals surface area contributed by atoms with Crippen molar-refractivity contribution in [1.29, 1.82) is 5.26 Å². The number of nitrogens with one attached hydrogen (secondary N) is 1. The van der Waals surface area contributed by atoms with E-state index in [-0.39, 0.29) is 16.5 Å². The lowest BCUT2D eigenvalue weighted by Crippen LogP contribution is -1.93. The Morgan fingerprint density at radius 3 is 3.00 bits per heavy atom. The Labute approximate surface area is 112 Å². The zero-order valence-corrected chi connectivity index (χ0v) is 10.8. The summed E-state index contributed by atoms with van der Waals surface area (Å²) in [7, 11) is 1.38. The third kappa shape index (κ3) is 2.37. The lowest BCUT2D eigenvalue weighted by atomic mass is 10.3. The molecule has 0 spiro atoms. The molecule has 0 radical (unpaired) electrons. The van der Waals surface area contributed by atoms with Crippen LogP contribution in [0.5, 0.6) is 5.75 Å². The molecule has 7 heteroatoms. The summed E-state index contributed by atoms with van der Waals surface area (Å²) in [6.45, 7) is 0. The molecule has 0 bridgehead atoms. The number of nitriles is 1. The van der Waals surface area contributed by atoms with Crippen LogP contribution in [0, 0.1) is 17.1 Å². The molecule has 0 amide bonds. The summed E-state index contributed by atoms with van der Waals surface area (Å²) < 4.78 is 21.9. The molecule has 2 aromatic rings. The maximum absolute atomic E-state index is 13.2. The second-order valence-corrected chi connectivity index (χ2v) is 4.40. The van der Waals surface area contributed by atoms with Gasteiger partial charge in [0.25, 0.3) is 0 Å². The van der Waals surface area contributed by atoms with Crippen molar-refractivity contribution in [3.05, 3.63) is 34.7 Å². The number of aromatic nitrogens is 1. The molecule has 0 atom stereocenters. The lowest BCUT2D eigenvalue weighted by Gasteiger charge is -2.06. The number of hydrogen-bond donors (Lipinski definition) is 1. The highest BCUT2D eigenvalue weighted by Gasteiger charge is 2.12. The minimum Gasteiger partial charge on any atom is -0.494 e. The van der Waals surface area contributed by atoms with Crippen LogP contribution in [0.2, 0.25) is 5.15 Å². The van der Waals surface area contributed by atoms with E-state index in [1.165, 1.54) is 25.3 Å². The average Bonchev–Trinajstić information content (AvgIpc) is 2.72. The SMILES string of the molecule is COc1cc(Nc2snc(Cl)c2C#N)ccc1F. The first-order valence-corrected chi connectivity index (χ1v) is 5.96. The molecule has 0 saturated heterocycles. The van der Waals surface area contributed by atoms with Crippen molar-refractivity contribution in [3.63, 3.8) is 0 Å². The van der Waals surface area contributed by atoms with Gasteiger partial charge >= 0.3 is 0 Å². The molecule has 18 heavy (non-hydrogen) atoms. The van der Waals surface area contributed by atoms with Gasteiger partial charge in [-0.1, -0.05) is 11.6 Å².